The van der Waals surface area contributed by atoms with Crippen LogP contribution in [0.3, 0.4) is 0 Å². The lowest BCUT2D eigenvalue weighted by atomic mass is 9.97. The molecule has 0 spiro atoms. The van der Waals surface area contributed by atoms with Gasteiger partial charge in [0.25, 0.3) is 0 Å². The second-order valence-electron chi connectivity index (χ2n) is 4.10. The fourth-order valence-electron chi connectivity index (χ4n) is 2.12. The van der Waals surface area contributed by atoms with Crippen LogP contribution in [-0.4, -0.2) is 7.11 Å². The van der Waals surface area contributed by atoms with Gasteiger partial charge in [0, 0.05) is 7.11 Å². The molecule has 0 radical (unpaired) electrons. The molecule has 0 heterocycles. The summed E-state index contributed by atoms with van der Waals surface area (Å²) in [4.78, 5) is 0. The highest BCUT2D eigenvalue weighted by Crippen LogP contribution is 2.39. The van der Waals surface area contributed by atoms with E-state index in [0.29, 0.717) is 0 Å². The Balaban J connectivity index is 2.52. The lowest BCUT2D eigenvalue weighted by Gasteiger charge is -2.23. The van der Waals surface area contributed by atoms with Gasteiger partial charge in [-0.3, -0.25) is 0 Å². The van der Waals surface area contributed by atoms with Gasteiger partial charge >= 0.3 is 0 Å². The summed E-state index contributed by atoms with van der Waals surface area (Å²) in [6.07, 6.45) is 2.27. The average molecular weight is 176 g/mol. The van der Waals surface area contributed by atoms with E-state index in [0.717, 1.165) is 12.8 Å². The van der Waals surface area contributed by atoms with Crippen LogP contribution in [0.2, 0.25) is 0 Å². The molecule has 1 aliphatic rings. The third-order valence-corrected chi connectivity index (χ3v) is 3.16. The molecule has 0 saturated heterocycles. The van der Waals surface area contributed by atoms with Crippen molar-refractivity contribution in [1.82, 2.24) is 0 Å². The summed E-state index contributed by atoms with van der Waals surface area (Å²) in [5.74, 6) is 0. The summed E-state index contributed by atoms with van der Waals surface area (Å²) in [5.41, 5.74) is 4.12. The van der Waals surface area contributed by atoms with Crippen molar-refractivity contribution in [2.45, 2.75) is 32.3 Å². The van der Waals surface area contributed by atoms with Crippen LogP contribution in [-0.2, 0) is 16.8 Å². The van der Waals surface area contributed by atoms with Gasteiger partial charge in [0.1, 0.15) is 0 Å². The topological polar surface area (TPSA) is 9.23 Å². The van der Waals surface area contributed by atoms with Gasteiger partial charge in [0.2, 0.25) is 0 Å². The molecule has 0 fully saturated rings. The Hall–Kier alpha value is -0.820. The second kappa shape index (κ2) is 2.85. The largest absolute Gasteiger partial charge is 0.374 e. The van der Waals surface area contributed by atoms with Gasteiger partial charge in [-0.25, -0.2) is 0 Å². The van der Waals surface area contributed by atoms with E-state index < -0.39 is 0 Å². The average Bonchev–Trinajstić information content (AvgIpc) is 2.45. The van der Waals surface area contributed by atoms with E-state index in [1.54, 1.807) is 7.11 Å². The summed E-state index contributed by atoms with van der Waals surface area (Å²) in [5, 5.41) is 0. The number of hydrogen-bond acceptors (Lipinski definition) is 1. The maximum Gasteiger partial charge on any atom is 0.0905 e. The number of benzene rings is 1. The lowest BCUT2D eigenvalue weighted by Crippen LogP contribution is -2.20. The molecular weight excluding hydrogens is 160 g/mol. The van der Waals surface area contributed by atoms with Crippen LogP contribution in [0.5, 0.6) is 0 Å². The zero-order chi connectivity index (χ0) is 9.47. The second-order valence-corrected chi connectivity index (χ2v) is 4.10. The Kier molecular flexibility index (Phi) is 1.92. The third-order valence-electron chi connectivity index (χ3n) is 3.16. The Bertz CT molecular complexity index is 330. The predicted octanol–water partition coefficient (Wildman–Crippen LogP) is 2.80. The summed E-state index contributed by atoms with van der Waals surface area (Å²) in [6, 6.07) is 6.67. The molecule has 13 heavy (non-hydrogen) atoms. The highest BCUT2D eigenvalue weighted by Gasteiger charge is 2.33. The number of methoxy groups -OCH3 is 1. The lowest BCUT2D eigenvalue weighted by molar-refractivity contribution is 0.00378. The molecule has 0 aromatic heterocycles. The molecule has 70 valence electrons. The van der Waals surface area contributed by atoms with Crippen molar-refractivity contribution >= 4 is 0 Å². The minimum absolute atomic E-state index is 0.0403. The number of hydrogen-bond donors (Lipinski definition) is 0. The Morgan fingerprint density at radius 3 is 2.85 bits per heavy atom. The van der Waals surface area contributed by atoms with E-state index >= 15 is 0 Å². The fraction of sp³-hybridized carbons (Fsp3) is 0.500. The normalized spacial score (nSPS) is 26.1. The van der Waals surface area contributed by atoms with Crippen LogP contribution >= 0.6 is 0 Å². The summed E-state index contributed by atoms with van der Waals surface area (Å²) in [6.45, 7) is 4.31. The molecule has 0 bridgehead atoms. The van der Waals surface area contributed by atoms with Crippen LogP contribution in [0.15, 0.2) is 18.2 Å². The Morgan fingerprint density at radius 2 is 2.15 bits per heavy atom. The fourth-order valence-corrected chi connectivity index (χ4v) is 2.12. The van der Waals surface area contributed by atoms with Gasteiger partial charge in [-0.05, 0) is 37.8 Å². The summed E-state index contributed by atoms with van der Waals surface area (Å²) in [7, 11) is 1.80. The van der Waals surface area contributed by atoms with Crippen molar-refractivity contribution in [3.05, 3.63) is 34.9 Å². The highest BCUT2D eigenvalue weighted by molar-refractivity contribution is 5.39. The van der Waals surface area contributed by atoms with E-state index in [1.165, 1.54) is 16.7 Å². The number of aryl methyl sites for hydroxylation is 2. The van der Waals surface area contributed by atoms with Crippen LogP contribution in [0.25, 0.3) is 0 Å². The minimum atomic E-state index is -0.0403. The molecule has 0 saturated carbocycles. The Morgan fingerprint density at radius 1 is 1.38 bits per heavy atom. The maximum atomic E-state index is 5.58. The molecule has 0 aliphatic heterocycles. The molecule has 0 amide bonds. The number of fused-ring (bicyclic) bond motifs is 1. The SMILES string of the molecule is COC1(C)CCc2ccc(C)cc21. The van der Waals surface area contributed by atoms with Gasteiger partial charge < -0.3 is 4.74 Å². The quantitative estimate of drug-likeness (QED) is 0.639. The van der Waals surface area contributed by atoms with Gasteiger partial charge in [-0.15, -0.1) is 0 Å². The first kappa shape index (κ1) is 8.76. The highest BCUT2D eigenvalue weighted by atomic mass is 16.5. The molecule has 2 rings (SSSR count). The summed E-state index contributed by atoms with van der Waals surface area (Å²) < 4.78 is 5.58. The van der Waals surface area contributed by atoms with Gasteiger partial charge in [0.05, 0.1) is 5.60 Å². The van der Waals surface area contributed by atoms with Crippen LogP contribution in [0.1, 0.15) is 30.0 Å². The van der Waals surface area contributed by atoms with Crippen molar-refractivity contribution in [1.29, 1.82) is 0 Å². The smallest absolute Gasteiger partial charge is 0.0905 e. The first-order valence-electron chi connectivity index (χ1n) is 4.81. The van der Waals surface area contributed by atoms with Crippen molar-refractivity contribution in [2.75, 3.05) is 7.11 Å². The molecule has 1 unspecified atom stereocenters. The van der Waals surface area contributed by atoms with E-state index in [2.05, 4.69) is 32.0 Å². The molecule has 1 aliphatic carbocycles. The van der Waals surface area contributed by atoms with Crippen LogP contribution in [0.4, 0.5) is 0 Å². The van der Waals surface area contributed by atoms with Crippen molar-refractivity contribution < 1.29 is 4.74 Å². The van der Waals surface area contributed by atoms with Gasteiger partial charge in [0.15, 0.2) is 0 Å². The predicted molar refractivity (Wildman–Crippen MR) is 53.9 cm³/mol. The standard InChI is InChI=1S/C12H16O/c1-9-4-5-10-6-7-12(2,13-3)11(10)8-9/h4-5,8H,6-7H2,1-3H3. The molecule has 1 nitrogen and oxygen atoms in total. The maximum absolute atomic E-state index is 5.58. The van der Waals surface area contributed by atoms with Crippen LogP contribution in [0, 0.1) is 6.92 Å². The Labute approximate surface area is 79.7 Å². The van der Waals surface area contributed by atoms with E-state index in [1.807, 2.05) is 0 Å². The minimum Gasteiger partial charge on any atom is -0.374 e. The zero-order valence-electron chi connectivity index (χ0n) is 8.55. The molecule has 1 aromatic carbocycles. The number of ether oxygens (including phenoxy) is 1. The molecule has 1 aromatic rings. The van der Waals surface area contributed by atoms with Crippen molar-refractivity contribution in [2.24, 2.45) is 0 Å². The van der Waals surface area contributed by atoms with Gasteiger partial charge in [-0.1, -0.05) is 23.8 Å². The van der Waals surface area contributed by atoms with E-state index in [-0.39, 0.29) is 5.60 Å². The van der Waals surface area contributed by atoms with E-state index in [4.69, 9.17) is 4.74 Å². The first-order valence-corrected chi connectivity index (χ1v) is 4.81. The van der Waals surface area contributed by atoms with Crippen LogP contribution < -0.4 is 0 Å². The molecule has 0 N–H and O–H groups in total. The van der Waals surface area contributed by atoms with Crippen molar-refractivity contribution in [3.63, 3.8) is 0 Å². The van der Waals surface area contributed by atoms with Gasteiger partial charge in [-0.2, -0.15) is 0 Å². The molecule has 1 atom stereocenters. The van der Waals surface area contributed by atoms with Crippen molar-refractivity contribution in [3.8, 4) is 0 Å². The number of rotatable bonds is 1. The van der Waals surface area contributed by atoms with E-state index in [9.17, 15) is 0 Å². The molecular formula is C12H16O. The monoisotopic (exact) mass is 176 g/mol. The summed E-state index contributed by atoms with van der Waals surface area (Å²) >= 11 is 0. The third kappa shape index (κ3) is 1.28. The first-order chi connectivity index (χ1) is 6.15. The zero-order valence-corrected chi connectivity index (χ0v) is 8.55. The molecule has 1 heteroatoms.